The van der Waals surface area contributed by atoms with E-state index in [4.69, 9.17) is 9.47 Å². The number of carbonyl (C=O) groups is 2. The third-order valence-corrected chi connectivity index (χ3v) is 6.51. The number of nitrogens with zero attached hydrogens (tertiary/aromatic N) is 1. The van der Waals surface area contributed by atoms with Crippen molar-refractivity contribution >= 4 is 28.8 Å². The molecule has 2 saturated heterocycles. The van der Waals surface area contributed by atoms with E-state index >= 15 is 0 Å². The van der Waals surface area contributed by atoms with Crippen LogP contribution in [0.1, 0.15) is 48.7 Å². The number of thiophene rings is 1. The highest BCUT2D eigenvalue weighted by atomic mass is 32.1. The van der Waals surface area contributed by atoms with E-state index in [-0.39, 0.29) is 23.5 Å². The normalized spacial score (nSPS) is 23.2. The van der Waals surface area contributed by atoms with Crippen molar-refractivity contribution in [3.63, 3.8) is 0 Å². The van der Waals surface area contributed by atoms with Crippen LogP contribution in [0.2, 0.25) is 0 Å². The molecule has 0 bridgehead atoms. The van der Waals surface area contributed by atoms with E-state index in [1.165, 1.54) is 11.3 Å². The Balaban J connectivity index is 1.75. The molecular formula is C24H27NO5S. The average Bonchev–Trinajstić information content (AvgIpc) is 3.48. The predicted octanol–water partition coefficient (Wildman–Crippen LogP) is 4.44. The first kappa shape index (κ1) is 21.6. The van der Waals surface area contributed by atoms with Crippen LogP contribution in [0.15, 0.2) is 41.3 Å². The van der Waals surface area contributed by atoms with Gasteiger partial charge in [-0.1, -0.05) is 6.07 Å². The van der Waals surface area contributed by atoms with Gasteiger partial charge in [0.05, 0.1) is 23.8 Å². The number of carbonyl (C=O) groups excluding carboxylic acids is 2. The molecule has 164 valence electrons. The monoisotopic (exact) mass is 441 g/mol. The van der Waals surface area contributed by atoms with Crippen LogP contribution in [0.5, 0.6) is 5.75 Å². The Morgan fingerprint density at radius 2 is 2.13 bits per heavy atom. The van der Waals surface area contributed by atoms with E-state index < -0.39 is 17.7 Å². The van der Waals surface area contributed by atoms with Crippen LogP contribution in [0.3, 0.4) is 0 Å². The molecule has 2 unspecified atom stereocenters. The second kappa shape index (κ2) is 8.85. The van der Waals surface area contributed by atoms with E-state index in [9.17, 15) is 14.7 Å². The first-order valence-corrected chi connectivity index (χ1v) is 11.5. The fraction of sp³-hybridized carbons (Fsp3) is 0.417. The number of amides is 1. The van der Waals surface area contributed by atoms with Gasteiger partial charge in [0.25, 0.3) is 11.7 Å². The van der Waals surface area contributed by atoms with Crippen molar-refractivity contribution in [2.24, 2.45) is 0 Å². The standard InChI is InChI=1S/C24H27NO5S/c1-14(2)30-18-9-8-16(12-15(18)3)22(26)20-21(19-7-5-11-31-19)25(24(28)23(20)27)13-17-6-4-10-29-17/h5,7-9,11-12,14,17,21,26H,4,6,10,13H2,1-3H3/b22-20-. The highest BCUT2D eigenvalue weighted by molar-refractivity contribution is 7.10. The van der Waals surface area contributed by atoms with Gasteiger partial charge in [0, 0.05) is 23.6 Å². The maximum absolute atomic E-state index is 13.0. The highest BCUT2D eigenvalue weighted by Crippen LogP contribution is 2.42. The fourth-order valence-electron chi connectivity index (χ4n) is 4.16. The molecule has 1 N–H and O–H groups in total. The number of Topliss-reactive ketones (excluding diaryl/α,β-unsaturated/α-hetero) is 1. The molecule has 1 aromatic heterocycles. The molecule has 31 heavy (non-hydrogen) atoms. The summed E-state index contributed by atoms with van der Waals surface area (Å²) in [6, 6.07) is 8.45. The second-order valence-electron chi connectivity index (χ2n) is 8.25. The van der Waals surface area contributed by atoms with Crippen LogP contribution < -0.4 is 4.74 Å². The van der Waals surface area contributed by atoms with E-state index in [2.05, 4.69) is 0 Å². The molecule has 0 radical (unpaired) electrons. The molecule has 6 nitrogen and oxygen atoms in total. The number of benzene rings is 1. The van der Waals surface area contributed by atoms with Crippen LogP contribution >= 0.6 is 11.3 Å². The van der Waals surface area contributed by atoms with Crippen molar-refractivity contribution in [1.29, 1.82) is 0 Å². The summed E-state index contributed by atoms with van der Waals surface area (Å²) < 4.78 is 11.5. The molecule has 4 rings (SSSR count). The topological polar surface area (TPSA) is 76.1 Å². The summed E-state index contributed by atoms with van der Waals surface area (Å²) in [5, 5.41) is 13.1. The number of aliphatic hydroxyl groups is 1. The van der Waals surface area contributed by atoms with Crippen LogP contribution in [0.25, 0.3) is 5.76 Å². The lowest BCUT2D eigenvalue weighted by Crippen LogP contribution is -2.36. The third-order valence-electron chi connectivity index (χ3n) is 5.59. The van der Waals surface area contributed by atoms with Gasteiger partial charge >= 0.3 is 0 Å². The average molecular weight is 442 g/mol. The summed E-state index contributed by atoms with van der Waals surface area (Å²) in [6.07, 6.45) is 1.74. The molecule has 0 spiro atoms. The molecule has 1 amide bonds. The van der Waals surface area contributed by atoms with E-state index in [0.717, 1.165) is 29.0 Å². The van der Waals surface area contributed by atoms with Crippen molar-refractivity contribution in [3.8, 4) is 5.75 Å². The lowest BCUT2D eigenvalue weighted by atomic mass is 9.98. The Hall–Kier alpha value is -2.64. The van der Waals surface area contributed by atoms with Crippen molar-refractivity contribution in [2.45, 2.75) is 51.9 Å². The number of ketones is 1. The van der Waals surface area contributed by atoms with Gasteiger partial charge in [-0.25, -0.2) is 0 Å². The summed E-state index contributed by atoms with van der Waals surface area (Å²) >= 11 is 1.46. The SMILES string of the molecule is Cc1cc(/C(O)=C2/C(=O)C(=O)N(CC3CCCO3)C2c2cccs2)ccc1OC(C)C. The minimum absolute atomic E-state index is 0.0279. The fourth-order valence-corrected chi connectivity index (χ4v) is 5.00. The van der Waals surface area contributed by atoms with Gasteiger partial charge in [-0.2, -0.15) is 0 Å². The number of rotatable bonds is 6. The van der Waals surface area contributed by atoms with Gasteiger partial charge in [-0.15, -0.1) is 11.3 Å². The minimum atomic E-state index is -0.658. The van der Waals surface area contributed by atoms with Gasteiger partial charge in [-0.05, 0) is 68.8 Å². The Morgan fingerprint density at radius 1 is 1.32 bits per heavy atom. The quantitative estimate of drug-likeness (QED) is 0.407. The Labute approximate surface area is 186 Å². The number of aryl methyl sites for hydroxylation is 1. The molecular weight excluding hydrogens is 414 g/mol. The van der Waals surface area contributed by atoms with Crippen LogP contribution in [-0.4, -0.2) is 47.1 Å². The maximum Gasteiger partial charge on any atom is 0.295 e. The zero-order chi connectivity index (χ0) is 22.1. The first-order valence-electron chi connectivity index (χ1n) is 10.6. The van der Waals surface area contributed by atoms with Crippen LogP contribution in [0, 0.1) is 6.92 Å². The molecule has 2 fully saturated rings. The molecule has 2 atom stereocenters. The van der Waals surface area contributed by atoms with Gasteiger partial charge in [0.2, 0.25) is 0 Å². The lowest BCUT2D eigenvalue weighted by Gasteiger charge is -2.26. The van der Waals surface area contributed by atoms with Crippen molar-refractivity contribution < 1.29 is 24.2 Å². The highest BCUT2D eigenvalue weighted by Gasteiger charge is 2.47. The van der Waals surface area contributed by atoms with Crippen molar-refractivity contribution in [2.75, 3.05) is 13.2 Å². The number of aliphatic hydroxyl groups excluding tert-OH is 1. The maximum atomic E-state index is 13.0. The summed E-state index contributed by atoms with van der Waals surface area (Å²) in [5.41, 5.74) is 1.46. The zero-order valence-electron chi connectivity index (χ0n) is 18.0. The molecule has 2 aliphatic heterocycles. The minimum Gasteiger partial charge on any atom is -0.507 e. The van der Waals surface area contributed by atoms with Crippen molar-refractivity contribution in [3.05, 3.63) is 57.3 Å². The Kier molecular flexibility index (Phi) is 6.16. The number of likely N-dealkylation sites (tertiary alicyclic amines) is 1. The number of hydrogen-bond acceptors (Lipinski definition) is 6. The Bertz CT molecular complexity index is 1000. The van der Waals surface area contributed by atoms with Crippen LogP contribution in [-0.2, 0) is 14.3 Å². The largest absolute Gasteiger partial charge is 0.507 e. The first-order chi connectivity index (χ1) is 14.9. The third kappa shape index (κ3) is 4.25. The molecule has 0 aliphatic carbocycles. The summed E-state index contributed by atoms with van der Waals surface area (Å²) in [4.78, 5) is 28.4. The summed E-state index contributed by atoms with van der Waals surface area (Å²) in [5.74, 6) is -0.688. The molecule has 7 heteroatoms. The van der Waals surface area contributed by atoms with E-state index in [1.54, 1.807) is 23.1 Å². The smallest absolute Gasteiger partial charge is 0.295 e. The summed E-state index contributed by atoms with van der Waals surface area (Å²) in [6.45, 7) is 6.79. The predicted molar refractivity (Wildman–Crippen MR) is 119 cm³/mol. The molecule has 0 saturated carbocycles. The van der Waals surface area contributed by atoms with Gasteiger partial charge in [0.15, 0.2) is 0 Å². The molecule has 1 aromatic carbocycles. The van der Waals surface area contributed by atoms with E-state index in [0.29, 0.717) is 18.7 Å². The molecule has 2 aromatic rings. The lowest BCUT2D eigenvalue weighted by molar-refractivity contribution is -0.140. The molecule has 2 aliphatic rings. The van der Waals surface area contributed by atoms with E-state index in [1.807, 2.05) is 38.3 Å². The Morgan fingerprint density at radius 3 is 2.74 bits per heavy atom. The van der Waals surface area contributed by atoms with Gasteiger partial charge in [0.1, 0.15) is 11.5 Å². The van der Waals surface area contributed by atoms with Crippen LogP contribution in [0.4, 0.5) is 0 Å². The number of hydrogen-bond donors (Lipinski definition) is 1. The molecule has 3 heterocycles. The number of ether oxygens (including phenoxy) is 2. The zero-order valence-corrected chi connectivity index (χ0v) is 18.8. The second-order valence-corrected chi connectivity index (χ2v) is 9.23. The summed E-state index contributed by atoms with van der Waals surface area (Å²) in [7, 11) is 0. The van der Waals surface area contributed by atoms with Gasteiger partial charge in [-0.3, -0.25) is 9.59 Å². The van der Waals surface area contributed by atoms with Crippen molar-refractivity contribution in [1.82, 2.24) is 4.90 Å². The van der Waals surface area contributed by atoms with Gasteiger partial charge < -0.3 is 19.5 Å².